The van der Waals surface area contributed by atoms with Gasteiger partial charge in [-0.1, -0.05) is 12.1 Å². The van der Waals surface area contributed by atoms with Crippen molar-refractivity contribution in [3.05, 3.63) is 59.2 Å². The first-order valence-corrected chi connectivity index (χ1v) is 10.9. The van der Waals surface area contributed by atoms with E-state index in [1.165, 1.54) is 16.4 Å². The minimum Gasteiger partial charge on any atom is -0.379 e. The van der Waals surface area contributed by atoms with Gasteiger partial charge in [0, 0.05) is 30.9 Å². The monoisotopic (exact) mass is 402 g/mol. The summed E-state index contributed by atoms with van der Waals surface area (Å²) in [4.78, 5) is 15.0. The molecule has 1 fully saturated rings. The average Bonchev–Trinajstić information content (AvgIpc) is 2.71. The molecule has 1 saturated heterocycles. The highest BCUT2D eigenvalue weighted by atomic mass is 32.2. The molecule has 3 rings (SSSR count). The molecule has 1 heterocycles. The van der Waals surface area contributed by atoms with Crippen molar-refractivity contribution < 1.29 is 17.9 Å². The van der Waals surface area contributed by atoms with Crippen LogP contribution in [0.5, 0.6) is 0 Å². The molecule has 1 aliphatic heterocycles. The summed E-state index contributed by atoms with van der Waals surface area (Å²) >= 11 is 0. The van der Waals surface area contributed by atoms with Crippen LogP contribution in [0.25, 0.3) is 0 Å². The van der Waals surface area contributed by atoms with E-state index < -0.39 is 10.0 Å². The Bertz CT molecular complexity index is 949. The van der Waals surface area contributed by atoms with Gasteiger partial charge in [0.05, 0.1) is 18.1 Å². The number of rotatable bonds is 5. The number of hydrogen-bond donors (Lipinski definition) is 0. The molecule has 0 N–H and O–H groups in total. The number of hydrogen-bond acceptors (Lipinski definition) is 4. The number of anilines is 1. The van der Waals surface area contributed by atoms with Gasteiger partial charge in [-0.15, -0.1) is 0 Å². The third-order valence-electron chi connectivity index (χ3n) is 4.93. The average molecular weight is 403 g/mol. The number of morpholine rings is 1. The topological polar surface area (TPSA) is 66.9 Å². The zero-order valence-corrected chi connectivity index (χ0v) is 17.3. The first-order chi connectivity index (χ1) is 13.3. The summed E-state index contributed by atoms with van der Waals surface area (Å²) in [7, 11) is -3.57. The van der Waals surface area contributed by atoms with Gasteiger partial charge in [-0.05, 0) is 62.2 Å². The van der Waals surface area contributed by atoms with E-state index in [0.29, 0.717) is 38.4 Å². The minimum absolute atomic E-state index is 0.147. The highest BCUT2D eigenvalue weighted by Gasteiger charge is 2.27. The summed E-state index contributed by atoms with van der Waals surface area (Å²) < 4.78 is 32.1. The molecule has 28 heavy (non-hydrogen) atoms. The molecule has 2 aromatic rings. The molecule has 0 spiro atoms. The van der Waals surface area contributed by atoms with Crippen LogP contribution in [0.3, 0.4) is 0 Å². The number of benzene rings is 2. The lowest BCUT2D eigenvalue weighted by Crippen LogP contribution is -2.40. The first-order valence-electron chi connectivity index (χ1n) is 9.41. The zero-order valence-electron chi connectivity index (χ0n) is 16.5. The summed E-state index contributed by atoms with van der Waals surface area (Å²) in [5.74, 6) is -0.147. The van der Waals surface area contributed by atoms with Crippen LogP contribution in [0.15, 0.2) is 47.4 Å². The summed E-state index contributed by atoms with van der Waals surface area (Å²) in [5, 5.41) is 0. The minimum atomic E-state index is -3.57. The number of nitrogens with zero attached hydrogens (tertiary/aromatic N) is 2. The molecule has 0 radical (unpaired) electrons. The number of carbonyl (C=O) groups excluding carboxylic acids is 1. The Kier molecular flexibility index (Phi) is 6.17. The second kappa shape index (κ2) is 8.43. The van der Waals surface area contributed by atoms with Gasteiger partial charge < -0.3 is 9.64 Å². The van der Waals surface area contributed by atoms with Crippen LogP contribution in [-0.4, -0.2) is 51.5 Å². The van der Waals surface area contributed by atoms with E-state index in [1.54, 1.807) is 17.0 Å². The molecule has 0 bridgehead atoms. The highest BCUT2D eigenvalue weighted by Crippen LogP contribution is 2.24. The molecule has 0 aromatic heterocycles. The standard InChI is InChI=1S/C21H26N2O4S/c1-4-23(20-15-16(2)5-6-17(20)3)21(24)18-7-9-19(10-8-18)28(25,26)22-11-13-27-14-12-22/h5-10,15H,4,11-14H2,1-3H3. The fourth-order valence-electron chi connectivity index (χ4n) is 3.29. The maximum absolute atomic E-state index is 13.1. The SMILES string of the molecule is CCN(C(=O)c1ccc(S(=O)(=O)N2CCOCC2)cc1)c1cc(C)ccc1C. The predicted molar refractivity (Wildman–Crippen MR) is 109 cm³/mol. The summed E-state index contributed by atoms with van der Waals surface area (Å²) in [5.41, 5.74) is 3.44. The third-order valence-corrected chi connectivity index (χ3v) is 6.84. The quantitative estimate of drug-likeness (QED) is 0.771. The Morgan fingerprint density at radius 1 is 1.07 bits per heavy atom. The van der Waals surface area contributed by atoms with Crippen molar-refractivity contribution in [2.24, 2.45) is 0 Å². The van der Waals surface area contributed by atoms with Gasteiger partial charge in [-0.25, -0.2) is 8.42 Å². The molecule has 6 nitrogen and oxygen atoms in total. The second-order valence-electron chi connectivity index (χ2n) is 6.88. The summed E-state index contributed by atoms with van der Waals surface area (Å²) in [6.45, 7) is 7.91. The zero-order chi connectivity index (χ0) is 20.3. The van der Waals surface area contributed by atoms with Crippen molar-refractivity contribution in [3.63, 3.8) is 0 Å². The largest absolute Gasteiger partial charge is 0.379 e. The normalized spacial score (nSPS) is 15.4. The van der Waals surface area contributed by atoms with Crippen molar-refractivity contribution in [1.29, 1.82) is 0 Å². The van der Waals surface area contributed by atoms with Gasteiger partial charge >= 0.3 is 0 Å². The maximum Gasteiger partial charge on any atom is 0.258 e. The Morgan fingerprint density at radius 3 is 2.32 bits per heavy atom. The number of aryl methyl sites for hydroxylation is 2. The molecular weight excluding hydrogens is 376 g/mol. The van der Waals surface area contributed by atoms with Gasteiger partial charge in [0.15, 0.2) is 0 Å². The predicted octanol–water partition coefficient (Wildman–Crippen LogP) is 2.99. The van der Waals surface area contributed by atoms with Crippen LogP contribution < -0.4 is 4.90 Å². The van der Waals surface area contributed by atoms with E-state index in [0.717, 1.165) is 16.8 Å². The lowest BCUT2D eigenvalue weighted by Gasteiger charge is -2.26. The fraction of sp³-hybridized carbons (Fsp3) is 0.381. The summed E-state index contributed by atoms with van der Waals surface area (Å²) in [6.07, 6.45) is 0. The molecule has 1 aliphatic rings. The van der Waals surface area contributed by atoms with Crippen LogP contribution >= 0.6 is 0 Å². The molecule has 0 atom stereocenters. The number of amides is 1. The van der Waals surface area contributed by atoms with Gasteiger partial charge in [0.25, 0.3) is 5.91 Å². The number of carbonyl (C=O) groups is 1. The summed E-state index contributed by atoms with van der Waals surface area (Å²) in [6, 6.07) is 12.2. The van der Waals surface area contributed by atoms with Gasteiger partial charge in [-0.2, -0.15) is 4.31 Å². The first kappa shape index (κ1) is 20.5. The molecule has 2 aromatic carbocycles. The lowest BCUT2D eigenvalue weighted by molar-refractivity contribution is 0.0730. The van der Waals surface area contributed by atoms with Crippen molar-refractivity contribution in [2.75, 3.05) is 37.7 Å². The molecule has 150 valence electrons. The Hall–Kier alpha value is -2.22. The molecule has 7 heteroatoms. The molecule has 1 amide bonds. The smallest absolute Gasteiger partial charge is 0.258 e. The van der Waals surface area contributed by atoms with Crippen molar-refractivity contribution in [3.8, 4) is 0 Å². The van der Waals surface area contributed by atoms with Gasteiger partial charge in [0.2, 0.25) is 10.0 Å². The van der Waals surface area contributed by atoms with E-state index >= 15 is 0 Å². The van der Waals surface area contributed by atoms with E-state index in [4.69, 9.17) is 4.74 Å². The van der Waals surface area contributed by atoms with Crippen LogP contribution in [0, 0.1) is 13.8 Å². The van der Waals surface area contributed by atoms with Crippen molar-refractivity contribution in [2.45, 2.75) is 25.7 Å². The Morgan fingerprint density at radius 2 is 1.71 bits per heavy atom. The van der Waals surface area contributed by atoms with Crippen LogP contribution in [-0.2, 0) is 14.8 Å². The Labute approximate surface area is 166 Å². The molecular formula is C21H26N2O4S. The molecule has 0 aliphatic carbocycles. The van der Waals surface area contributed by atoms with E-state index in [1.807, 2.05) is 39.0 Å². The van der Waals surface area contributed by atoms with Crippen LogP contribution in [0.1, 0.15) is 28.4 Å². The van der Waals surface area contributed by atoms with E-state index in [2.05, 4.69) is 0 Å². The van der Waals surface area contributed by atoms with Crippen molar-refractivity contribution >= 4 is 21.6 Å². The number of ether oxygens (including phenoxy) is 1. The molecule has 0 unspecified atom stereocenters. The van der Waals surface area contributed by atoms with Gasteiger partial charge in [-0.3, -0.25) is 4.79 Å². The molecule has 0 saturated carbocycles. The lowest BCUT2D eigenvalue weighted by atomic mass is 10.1. The van der Waals surface area contributed by atoms with Crippen LogP contribution in [0.4, 0.5) is 5.69 Å². The number of sulfonamides is 1. The van der Waals surface area contributed by atoms with E-state index in [-0.39, 0.29) is 10.8 Å². The Balaban J connectivity index is 1.85. The van der Waals surface area contributed by atoms with E-state index in [9.17, 15) is 13.2 Å². The van der Waals surface area contributed by atoms with Gasteiger partial charge in [0.1, 0.15) is 0 Å². The fourth-order valence-corrected chi connectivity index (χ4v) is 4.70. The second-order valence-corrected chi connectivity index (χ2v) is 8.82. The third kappa shape index (κ3) is 4.11. The van der Waals surface area contributed by atoms with Crippen molar-refractivity contribution in [1.82, 2.24) is 4.31 Å². The maximum atomic E-state index is 13.1. The highest BCUT2D eigenvalue weighted by molar-refractivity contribution is 7.89. The van der Waals surface area contributed by atoms with Crippen LogP contribution in [0.2, 0.25) is 0 Å².